The minimum atomic E-state index is -1.45. The highest BCUT2D eigenvalue weighted by Crippen LogP contribution is 2.04. The number of hydrogen-bond acceptors (Lipinski definition) is 6. The van der Waals surface area contributed by atoms with Gasteiger partial charge in [-0.25, -0.2) is 14.4 Å². The average molecular weight is 469 g/mol. The number of hydrogen-bond donors (Lipinski definition) is 6. The molecule has 2 amide bonds. The van der Waals surface area contributed by atoms with Gasteiger partial charge in [0.2, 0.25) is 0 Å². The third-order valence-corrected chi connectivity index (χ3v) is 4.33. The molecule has 12 heteroatoms. The van der Waals surface area contributed by atoms with Crippen LogP contribution in [0.2, 0.25) is 0 Å². The molecule has 0 aliphatic heterocycles. The summed E-state index contributed by atoms with van der Waals surface area (Å²) in [5.41, 5.74) is 2.62. The van der Waals surface area contributed by atoms with E-state index in [1.165, 1.54) is 0 Å². The Kier molecular flexibility index (Phi) is 16.0. The molecular formula is C21H32N4O8. The molecule has 0 saturated carbocycles. The van der Waals surface area contributed by atoms with Crippen molar-refractivity contribution in [3.05, 3.63) is 18.4 Å². The van der Waals surface area contributed by atoms with Crippen LogP contribution >= 0.6 is 0 Å². The van der Waals surface area contributed by atoms with Crippen LogP contribution in [0.4, 0.5) is 4.79 Å². The largest absolute Gasteiger partial charge is 0.481 e. The van der Waals surface area contributed by atoms with Gasteiger partial charge >= 0.3 is 23.9 Å². The van der Waals surface area contributed by atoms with Crippen molar-refractivity contribution in [3.8, 4) is 0 Å². The molecule has 0 bridgehead atoms. The minimum Gasteiger partial charge on any atom is -0.481 e. The molecule has 2 unspecified atom stereocenters. The van der Waals surface area contributed by atoms with Crippen LogP contribution in [0, 0.1) is 0 Å². The number of rotatable bonds is 18. The van der Waals surface area contributed by atoms with Crippen molar-refractivity contribution in [3.63, 3.8) is 0 Å². The zero-order valence-corrected chi connectivity index (χ0v) is 18.4. The lowest BCUT2D eigenvalue weighted by atomic mass is 10.1. The van der Waals surface area contributed by atoms with Crippen molar-refractivity contribution in [2.45, 2.75) is 63.5 Å². The number of carboxylic acid groups (broad SMARTS) is 3. The van der Waals surface area contributed by atoms with E-state index in [0.717, 1.165) is 19.1 Å². The number of carbonyl (C=O) groups is 5. The molecule has 0 aromatic heterocycles. The Labute approximate surface area is 191 Å². The summed E-state index contributed by atoms with van der Waals surface area (Å²) >= 11 is 0. The second-order valence-corrected chi connectivity index (χ2v) is 7.03. The molecule has 0 aromatic rings. The standard InChI is InChI=1S/C21H32N4O8/c1-2-8-17(22-12-5-3-7-14-26)23-13-6-4-9-15(19(29)30)24-21(33)25-16(20(31)32)10-11-18(27)28/h8,14-16H,1,3-7,9-13H2,(H,22,23)(H,27,28)(H,29,30)(H,31,32)(H2,24,25,33). The normalized spacial score (nSPS) is 12.5. The molecule has 0 saturated heterocycles. The number of aldehydes is 1. The van der Waals surface area contributed by atoms with Crippen LogP contribution < -0.4 is 16.0 Å². The maximum Gasteiger partial charge on any atom is 0.326 e. The second kappa shape index (κ2) is 18.0. The zero-order valence-electron chi connectivity index (χ0n) is 18.4. The number of nitrogens with zero attached hydrogens (tertiary/aromatic N) is 1. The van der Waals surface area contributed by atoms with Crippen LogP contribution in [0.25, 0.3) is 0 Å². The van der Waals surface area contributed by atoms with E-state index in [4.69, 9.17) is 10.2 Å². The van der Waals surface area contributed by atoms with Gasteiger partial charge < -0.3 is 36.1 Å². The molecule has 0 spiro atoms. The van der Waals surface area contributed by atoms with Crippen molar-refractivity contribution in [1.29, 1.82) is 0 Å². The summed E-state index contributed by atoms with van der Waals surface area (Å²) in [6.07, 6.45) is 4.77. The summed E-state index contributed by atoms with van der Waals surface area (Å²) < 4.78 is 0. The zero-order chi connectivity index (χ0) is 25.1. The number of amidine groups is 1. The first-order valence-electron chi connectivity index (χ1n) is 10.5. The predicted octanol–water partition coefficient (Wildman–Crippen LogP) is 0.926. The topological polar surface area (TPSA) is 194 Å². The van der Waals surface area contributed by atoms with Crippen LogP contribution in [0.15, 0.2) is 23.4 Å². The van der Waals surface area contributed by atoms with Gasteiger partial charge in [0.05, 0.1) is 0 Å². The van der Waals surface area contributed by atoms with Gasteiger partial charge in [-0.15, -0.1) is 5.73 Å². The van der Waals surface area contributed by atoms with Gasteiger partial charge in [-0.1, -0.05) is 6.58 Å². The molecule has 0 aromatic carbocycles. The Bertz CT molecular complexity index is 747. The maximum absolute atomic E-state index is 12.0. The van der Waals surface area contributed by atoms with Gasteiger partial charge in [0.15, 0.2) is 0 Å². The van der Waals surface area contributed by atoms with E-state index in [0.29, 0.717) is 38.2 Å². The molecule has 0 aliphatic carbocycles. The van der Waals surface area contributed by atoms with Crippen LogP contribution in [0.1, 0.15) is 51.4 Å². The first kappa shape index (κ1) is 29.3. The average Bonchev–Trinajstić information content (AvgIpc) is 2.74. The van der Waals surface area contributed by atoms with E-state index in [-0.39, 0.29) is 12.8 Å². The number of aliphatic imine (C=N–C) groups is 1. The molecule has 0 fully saturated rings. The number of amides is 2. The lowest BCUT2D eigenvalue weighted by Gasteiger charge is -2.18. The molecule has 12 nitrogen and oxygen atoms in total. The fourth-order valence-electron chi connectivity index (χ4n) is 2.62. The number of carbonyl (C=O) groups excluding carboxylic acids is 2. The van der Waals surface area contributed by atoms with Crippen molar-refractivity contribution < 1.29 is 39.3 Å². The molecule has 0 aliphatic rings. The van der Waals surface area contributed by atoms with Gasteiger partial charge in [-0.05, 0) is 38.5 Å². The molecule has 0 heterocycles. The maximum atomic E-state index is 12.0. The van der Waals surface area contributed by atoms with Crippen molar-refractivity contribution in [2.75, 3.05) is 13.1 Å². The summed E-state index contributed by atoms with van der Waals surface area (Å²) in [5.74, 6) is -3.34. The Morgan fingerprint density at radius 2 is 1.58 bits per heavy atom. The molecule has 184 valence electrons. The van der Waals surface area contributed by atoms with Gasteiger partial charge in [0, 0.05) is 32.0 Å². The van der Waals surface area contributed by atoms with Gasteiger partial charge in [-0.2, -0.15) is 0 Å². The fraction of sp³-hybridized carbons (Fsp3) is 0.571. The van der Waals surface area contributed by atoms with Crippen molar-refractivity contribution in [1.82, 2.24) is 16.0 Å². The Morgan fingerprint density at radius 3 is 2.12 bits per heavy atom. The summed E-state index contributed by atoms with van der Waals surface area (Å²) in [7, 11) is 0. The molecular weight excluding hydrogens is 436 g/mol. The molecule has 6 N–H and O–H groups in total. The number of unbranched alkanes of at least 4 members (excludes halogenated alkanes) is 3. The predicted molar refractivity (Wildman–Crippen MR) is 119 cm³/mol. The van der Waals surface area contributed by atoms with E-state index in [1.807, 2.05) is 0 Å². The monoisotopic (exact) mass is 468 g/mol. The fourth-order valence-corrected chi connectivity index (χ4v) is 2.62. The molecule has 2 atom stereocenters. The molecule has 33 heavy (non-hydrogen) atoms. The van der Waals surface area contributed by atoms with Crippen molar-refractivity contribution in [2.24, 2.45) is 4.99 Å². The summed E-state index contributed by atoms with van der Waals surface area (Å²) in [5, 5.41) is 34.4. The lowest BCUT2D eigenvalue weighted by Crippen LogP contribution is -2.51. The van der Waals surface area contributed by atoms with E-state index >= 15 is 0 Å². The number of nitrogens with one attached hydrogen (secondary N) is 3. The highest BCUT2D eigenvalue weighted by Gasteiger charge is 2.24. The van der Waals surface area contributed by atoms with E-state index in [9.17, 15) is 29.1 Å². The third kappa shape index (κ3) is 15.7. The highest BCUT2D eigenvalue weighted by molar-refractivity contribution is 5.92. The highest BCUT2D eigenvalue weighted by atomic mass is 16.4. The van der Waals surface area contributed by atoms with Crippen LogP contribution in [0.5, 0.6) is 0 Å². The lowest BCUT2D eigenvalue weighted by molar-refractivity contribution is -0.140. The number of urea groups is 1. The summed E-state index contributed by atoms with van der Waals surface area (Å²) in [6, 6.07) is -3.70. The van der Waals surface area contributed by atoms with E-state index in [1.54, 1.807) is 6.08 Å². The van der Waals surface area contributed by atoms with Gasteiger partial charge in [-0.3, -0.25) is 9.79 Å². The van der Waals surface area contributed by atoms with E-state index in [2.05, 4.69) is 33.3 Å². The Balaban J connectivity index is 4.53. The smallest absolute Gasteiger partial charge is 0.326 e. The van der Waals surface area contributed by atoms with Crippen LogP contribution in [0.3, 0.4) is 0 Å². The van der Waals surface area contributed by atoms with Gasteiger partial charge in [0.1, 0.15) is 24.2 Å². The summed E-state index contributed by atoms with van der Waals surface area (Å²) in [4.78, 5) is 59.7. The van der Waals surface area contributed by atoms with E-state index < -0.39 is 42.4 Å². The molecule has 0 radical (unpaired) electrons. The van der Waals surface area contributed by atoms with Crippen LogP contribution in [-0.2, 0) is 19.2 Å². The Hall–Kier alpha value is -3.66. The second-order valence-electron chi connectivity index (χ2n) is 7.03. The number of carboxylic acids is 3. The minimum absolute atomic E-state index is 0.0941. The van der Waals surface area contributed by atoms with Crippen LogP contribution in [-0.4, -0.2) is 76.6 Å². The summed E-state index contributed by atoms with van der Waals surface area (Å²) in [6.45, 7) is 4.53. The number of aliphatic carboxylic acids is 3. The quantitative estimate of drug-likeness (QED) is 0.0557. The first-order chi connectivity index (χ1) is 15.7. The van der Waals surface area contributed by atoms with Crippen molar-refractivity contribution >= 4 is 36.1 Å². The third-order valence-electron chi connectivity index (χ3n) is 4.33. The molecule has 0 rings (SSSR count). The Morgan fingerprint density at radius 1 is 0.939 bits per heavy atom. The van der Waals surface area contributed by atoms with Gasteiger partial charge in [0.25, 0.3) is 0 Å². The SMILES string of the molecule is C=C=CC(=NCCCCC(NC(=O)NC(CCC(=O)O)C(=O)O)C(=O)O)NCCCCC=O. The first-order valence-corrected chi connectivity index (χ1v) is 10.5.